The van der Waals surface area contributed by atoms with Crippen molar-refractivity contribution in [1.82, 2.24) is 10.3 Å². The Balaban J connectivity index is 1.80. The number of halogens is 1. The predicted molar refractivity (Wildman–Crippen MR) is 103 cm³/mol. The van der Waals surface area contributed by atoms with E-state index in [-0.39, 0.29) is 5.91 Å². The van der Waals surface area contributed by atoms with Gasteiger partial charge in [0.25, 0.3) is 5.91 Å². The highest BCUT2D eigenvalue weighted by Crippen LogP contribution is 2.15. The molecule has 26 heavy (non-hydrogen) atoms. The number of carbonyl (C=O) groups is 2. The number of benzene rings is 2. The minimum atomic E-state index is -0.784. The fraction of sp³-hybridized carbons (Fsp3) is 0.150. The molecule has 0 radical (unpaired) electrons. The molecule has 0 bridgehead atoms. The van der Waals surface area contributed by atoms with Gasteiger partial charge in [-0.3, -0.25) is 9.78 Å². The van der Waals surface area contributed by atoms with Gasteiger partial charge in [0.1, 0.15) is 6.04 Å². The number of para-hydroxylation sites is 1. The molecule has 0 aliphatic rings. The lowest BCUT2D eigenvalue weighted by atomic mass is 10.1. The van der Waals surface area contributed by atoms with E-state index in [1.807, 2.05) is 48.5 Å². The lowest BCUT2D eigenvalue weighted by molar-refractivity contribution is -0.142. The number of aromatic nitrogens is 1. The van der Waals surface area contributed by atoms with E-state index in [2.05, 4.69) is 26.2 Å². The summed E-state index contributed by atoms with van der Waals surface area (Å²) in [5.41, 5.74) is 2.11. The number of nitrogens with zero attached hydrogens (tertiary/aromatic N) is 1. The Morgan fingerprint density at radius 2 is 1.96 bits per heavy atom. The fourth-order valence-electron chi connectivity index (χ4n) is 2.67. The molecule has 0 aliphatic carbocycles. The average Bonchev–Trinajstić information content (AvgIpc) is 2.66. The fourth-order valence-corrected chi connectivity index (χ4v) is 3.12. The van der Waals surface area contributed by atoms with Gasteiger partial charge in [-0.25, -0.2) is 4.79 Å². The molecule has 0 spiro atoms. The molecular weight excluding hydrogens is 396 g/mol. The Morgan fingerprint density at radius 3 is 2.73 bits per heavy atom. The molecule has 132 valence electrons. The van der Waals surface area contributed by atoms with Crippen molar-refractivity contribution in [3.8, 4) is 0 Å². The highest BCUT2D eigenvalue weighted by Gasteiger charge is 2.23. The molecule has 1 heterocycles. The number of methoxy groups -OCH3 is 1. The quantitative estimate of drug-likeness (QED) is 0.651. The Morgan fingerprint density at radius 1 is 1.15 bits per heavy atom. The summed E-state index contributed by atoms with van der Waals surface area (Å²) < 4.78 is 5.75. The number of nitrogens with one attached hydrogen (secondary N) is 1. The molecule has 0 saturated heterocycles. The molecule has 3 aromatic rings. The molecule has 1 N–H and O–H groups in total. The lowest BCUT2D eigenvalue weighted by Gasteiger charge is -2.17. The van der Waals surface area contributed by atoms with Gasteiger partial charge in [-0.2, -0.15) is 0 Å². The van der Waals surface area contributed by atoms with Crippen LogP contribution in [0.2, 0.25) is 0 Å². The molecule has 3 rings (SSSR count). The molecule has 1 amide bonds. The van der Waals surface area contributed by atoms with Crippen molar-refractivity contribution in [3.63, 3.8) is 0 Å². The van der Waals surface area contributed by atoms with Crippen molar-refractivity contribution >= 4 is 38.7 Å². The van der Waals surface area contributed by atoms with Gasteiger partial charge < -0.3 is 10.1 Å². The zero-order valence-corrected chi connectivity index (χ0v) is 15.7. The highest BCUT2D eigenvalue weighted by molar-refractivity contribution is 9.10. The number of fused-ring (bicyclic) bond motifs is 1. The van der Waals surface area contributed by atoms with Crippen molar-refractivity contribution in [2.75, 3.05) is 7.11 Å². The maximum Gasteiger partial charge on any atom is 0.328 e. The van der Waals surface area contributed by atoms with E-state index in [1.165, 1.54) is 13.3 Å². The Bertz CT molecular complexity index is 958. The van der Waals surface area contributed by atoms with Crippen LogP contribution in [0.25, 0.3) is 10.9 Å². The molecule has 0 aliphatic heterocycles. The topological polar surface area (TPSA) is 68.3 Å². The predicted octanol–water partition coefficient (Wildman–Crippen LogP) is 3.51. The molecule has 0 fully saturated rings. The number of esters is 1. The third kappa shape index (κ3) is 4.26. The van der Waals surface area contributed by atoms with E-state index < -0.39 is 12.0 Å². The van der Waals surface area contributed by atoms with Crippen LogP contribution in [0.3, 0.4) is 0 Å². The normalized spacial score (nSPS) is 11.8. The van der Waals surface area contributed by atoms with Crippen LogP contribution in [-0.2, 0) is 16.0 Å². The first-order valence-corrected chi connectivity index (χ1v) is 8.84. The van der Waals surface area contributed by atoms with Gasteiger partial charge in [0.2, 0.25) is 0 Å². The van der Waals surface area contributed by atoms with E-state index in [1.54, 1.807) is 6.07 Å². The van der Waals surface area contributed by atoms with Gasteiger partial charge in [-0.05, 0) is 29.8 Å². The second-order valence-corrected chi connectivity index (χ2v) is 6.72. The number of hydrogen-bond donors (Lipinski definition) is 1. The van der Waals surface area contributed by atoms with Gasteiger partial charge in [-0.15, -0.1) is 0 Å². The van der Waals surface area contributed by atoms with E-state index in [0.29, 0.717) is 12.0 Å². The third-order valence-corrected chi connectivity index (χ3v) is 4.47. The van der Waals surface area contributed by atoms with Gasteiger partial charge in [0, 0.05) is 22.5 Å². The zero-order valence-electron chi connectivity index (χ0n) is 14.1. The van der Waals surface area contributed by atoms with E-state index in [0.717, 1.165) is 20.9 Å². The third-order valence-electron chi connectivity index (χ3n) is 3.97. The zero-order chi connectivity index (χ0) is 18.5. The van der Waals surface area contributed by atoms with Gasteiger partial charge in [0.05, 0.1) is 18.2 Å². The summed E-state index contributed by atoms with van der Waals surface area (Å²) in [6.45, 7) is 0. The first kappa shape index (κ1) is 18.1. The SMILES string of the molecule is COC(=O)[C@@H](Cc1cccc(Br)c1)NC(=O)c1cnc2ccccc2c1. The largest absolute Gasteiger partial charge is 0.467 e. The van der Waals surface area contributed by atoms with Crippen LogP contribution >= 0.6 is 15.9 Å². The minimum Gasteiger partial charge on any atom is -0.467 e. The van der Waals surface area contributed by atoms with Crippen molar-refractivity contribution in [2.24, 2.45) is 0 Å². The van der Waals surface area contributed by atoms with Crippen LogP contribution in [0.15, 0.2) is 65.3 Å². The Hall–Kier alpha value is -2.73. The van der Waals surface area contributed by atoms with Gasteiger partial charge in [0.15, 0.2) is 0 Å². The minimum absolute atomic E-state index is 0.332. The summed E-state index contributed by atoms with van der Waals surface area (Å²) in [7, 11) is 1.31. The van der Waals surface area contributed by atoms with E-state index in [9.17, 15) is 9.59 Å². The molecule has 2 aromatic carbocycles. The van der Waals surface area contributed by atoms with Crippen molar-refractivity contribution in [2.45, 2.75) is 12.5 Å². The smallest absolute Gasteiger partial charge is 0.328 e. The molecule has 0 unspecified atom stereocenters. The summed E-state index contributed by atoms with van der Waals surface area (Å²) >= 11 is 3.40. The summed E-state index contributed by atoms with van der Waals surface area (Å²) in [5.74, 6) is -0.860. The first-order valence-electron chi connectivity index (χ1n) is 8.05. The Labute approximate surface area is 159 Å². The lowest BCUT2D eigenvalue weighted by Crippen LogP contribution is -2.43. The van der Waals surface area contributed by atoms with Gasteiger partial charge >= 0.3 is 5.97 Å². The van der Waals surface area contributed by atoms with Crippen LogP contribution in [-0.4, -0.2) is 30.0 Å². The molecule has 5 nitrogen and oxygen atoms in total. The van der Waals surface area contributed by atoms with Crippen LogP contribution in [0, 0.1) is 0 Å². The summed E-state index contributed by atoms with van der Waals surface area (Å²) in [6.07, 6.45) is 1.84. The summed E-state index contributed by atoms with van der Waals surface area (Å²) in [5, 5.41) is 3.61. The maximum absolute atomic E-state index is 12.6. The average molecular weight is 413 g/mol. The molecule has 1 atom stereocenters. The maximum atomic E-state index is 12.6. The molecule has 1 aromatic heterocycles. The van der Waals surface area contributed by atoms with E-state index in [4.69, 9.17) is 4.74 Å². The number of amides is 1. The standard InChI is InChI=1S/C20H17BrN2O3/c1-26-20(25)18(10-13-5-4-7-16(21)9-13)23-19(24)15-11-14-6-2-3-8-17(14)22-12-15/h2-9,11-12,18H,10H2,1H3,(H,23,24)/t18-/m1/s1. The number of ether oxygens (including phenoxy) is 1. The van der Waals surface area contributed by atoms with Crippen LogP contribution in [0.5, 0.6) is 0 Å². The number of pyridine rings is 1. The Kier molecular flexibility index (Phi) is 5.63. The van der Waals surface area contributed by atoms with Crippen molar-refractivity contribution < 1.29 is 14.3 Å². The van der Waals surface area contributed by atoms with Crippen LogP contribution in [0.4, 0.5) is 0 Å². The van der Waals surface area contributed by atoms with Gasteiger partial charge in [-0.1, -0.05) is 46.3 Å². The second-order valence-electron chi connectivity index (χ2n) is 5.80. The molecular formula is C20H17BrN2O3. The van der Waals surface area contributed by atoms with E-state index >= 15 is 0 Å². The monoisotopic (exact) mass is 412 g/mol. The van der Waals surface area contributed by atoms with Crippen LogP contribution < -0.4 is 5.32 Å². The summed E-state index contributed by atoms with van der Waals surface area (Å²) in [4.78, 5) is 29.0. The second kappa shape index (κ2) is 8.10. The highest BCUT2D eigenvalue weighted by atomic mass is 79.9. The first-order chi connectivity index (χ1) is 12.6. The van der Waals surface area contributed by atoms with Crippen molar-refractivity contribution in [1.29, 1.82) is 0 Å². The molecule has 6 heteroatoms. The number of hydrogen-bond acceptors (Lipinski definition) is 4. The van der Waals surface area contributed by atoms with Crippen LogP contribution in [0.1, 0.15) is 15.9 Å². The summed E-state index contributed by atoms with van der Waals surface area (Å²) in [6, 6.07) is 16.1. The molecule has 0 saturated carbocycles. The van der Waals surface area contributed by atoms with Crippen molar-refractivity contribution in [3.05, 3.63) is 76.4 Å². The number of rotatable bonds is 5. The number of carbonyl (C=O) groups excluding carboxylic acids is 2.